The number of nitrogens with two attached hydrogens (primary N) is 1. The Morgan fingerprint density at radius 2 is 1.96 bits per heavy atom. The van der Waals surface area contributed by atoms with Crippen LogP contribution in [0.1, 0.15) is 23.2 Å². The van der Waals surface area contributed by atoms with E-state index >= 15 is 0 Å². The fraction of sp³-hybridized carbons (Fsp3) is 0.368. The van der Waals surface area contributed by atoms with E-state index in [0.717, 1.165) is 23.6 Å². The Labute approximate surface area is 141 Å². The van der Waals surface area contributed by atoms with Crippen LogP contribution in [0.5, 0.6) is 0 Å². The predicted molar refractivity (Wildman–Crippen MR) is 94.6 cm³/mol. The summed E-state index contributed by atoms with van der Waals surface area (Å²) in [6.07, 6.45) is 1.66. The first-order valence-electron chi connectivity index (χ1n) is 8.45. The molecule has 0 spiro atoms. The Morgan fingerprint density at radius 1 is 1.17 bits per heavy atom. The molecule has 0 aliphatic carbocycles. The molecule has 1 unspecified atom stereocenters. The number of benzene rings is 2. The van der Waals surface area contributed by atoms with E-state index in [0.29, 0.717) is 31.7 Å². The molecule has 1 heterocycles. The number of fused-ring (bicyclic) bond motifs is 1. The zero-order valence-electron chi connectivity index (χ0n) is 13.7. The van der Waals surface area contributed by atoms with Crippen molar-refractivity contribution in [3.63, 3.8) is 0 Å². The zero-order valence-corrected chi connectivity index (χ0v) is 13.7. The lowest BCUT2D eigenvalue weighted by Crippen LogP contribution is -2.46. The number of amides is 2. The Hall–Kier alpha value is -2.40. The average Bonchev–Trinajstić information content (AvgIpc) is 2.65. The van der Waals surface area contributed by atoms with E-state index < -0.39 is 0 Å². The van der Waals surface area contributed by atoms with Gasteiger partial charge in [0.25, 0.3) is 5.91 Å². The number of rotatable bonds is 4. The van der Waals surface area contributed by atoms with Gasteiger partial charge in [0.2, 0.25) is 5.91 Å². The summed E-state index contributed by atoms with van der Waals surface area (Å²) >= 11 is 0. The van der Waals surface area contributed by atoms with Crippen LogP contribution in [0.3, 0.4) is 0 Å². The van der Waals surface area contributed by atoms with Gasteiger partial charge in [-0.15, -0.1) is 0 Å². The molecule has 5 nitrogen and oxygen atoms in total. The molecule has 2 aromatic carbocycles. The predicted octanol–water partition coefficient (Wildman–Crippen LogP) is 1.77. The first-order chi connectivity index (χ1) is 11.7. The van der Waals surface area contributed by atoms with Gasteiger partial charge in [0.15, 0.2) is 0 Å². The molecule has 0 bridgehead atoms. The maximum Gasteiger partial charge on any atom is 0.254 e. The quantitative estimate of drug-likeness (QED) is 0.899. The summed E-state index contributed by atoms with van der Waals surface area (Å²) in [6, 6.07) is 13.7. The van der Waals surface area contributed by atoms with E-state index in [1.165, 1.54) is 0 Å². The fourth-order valence-electron chi connectivity index (χ4n) is 3.30. The van der Waals surface area contributed by atoms with Crippen LogP contribution in [0.2, 0.25) is 0 Å². The summed E-state index contributed by atoms with van der Waals surface area (Å²) in [5.41, 5.74) is 6.14. The summed E-state index contributed by atoms with van der Waals surface area (Å²) < 4.78 is 0. The van der Waals surface area contributed by atoms with Crippen molar-refractivity contribution < 1.29 is 9.59 Å². The third-order valence-electron chi connectivity index (χ3n) is 4.54. The molecule has 5 heteroatoms. The lowest BCUT2D eigenvalue weighted by atomic mass is 9.95. The Balaban J connectivity index is 1.78. The van der Waals surface area contributed by atoms with Gasteiger partial charge in [-0.3, -0.25) is 9.59 Å². The molecule has 2 aromatic rings. The molecule has 2 amide bonds. The summed E-state index contributed by atoms with van der Waals surface area (Å²) in [4.78, 5) is 26.9. The number of carbonyl (C=O) groups is 2. The van der Waals surface area contributed by atoms with Gasteiger partial charge in [0.1, 0.15) is 0 Å². The van der Waals surface area contributed by atoms with Crippen molar-refractivity contribution in [2.75, 3.05) is 26.2 Å². The average molecular weight is 325 g/mol. The highest BCUT2D eigenvalue weighted by Crippen LogP contribution is 2.23. The van der Waals surface area contributed by atoms with Crippen molar-refractivity contribution >= 4 is 22.6 Å². The van der Waals surface area contributed by atoms with E-state index in [1.807, 2.05) is 42.5 Å². The van der Waals surface area contributed by atoms with Gasteiger partial charge in [-0.2, -0.15) is 0 Å². The van der Waals surface area contributed by atoms with Crippen LogP contribution >= 0.6 is 0 Å². The number of likely N-dealkylation sites (tertiary alicyclic amines) is 1. The van der Waals surface area contributed by atoms with Crippen molar-refractivity contribution in [1.82, 2.24) is 10.2 Å². The summed E-state index contributed by atoms with van der Waals surface area (Å²) in [7, 11) is 0. The minimum absolute atomic E-state index is 0.00289. The topological polar surface area (TPSA) is 75.4 Å². The van der Waals surface area contributed by atoms with Crippen LogP contribution in [0.4, 0.5) is 0 Å². The molecule has 1 aliphatic heterocycles. The molecule has 1 saturated heterocycles. The number of carbonyl (C=O) groups excluding carboxylic acids is 2. The molecule has 0 radical (unpaired) electrons. The van der Waals surface area contributed by atoms with Crippen LogP contribution in [-0.4, -0.2) is 42.9 Å². The number of piperidine rings is 1. The summed E-state index contributed by atoms with van der Waals surface area (Å²) in [5, 5.41) is 4.84. The summed E-state index contributed by atoms with van der Waals surface area (Å²) in [6.45, 7) is 2.07. The lowest BCUT2D eigenvalue weighted by molar-refractivity contribution is -0.126. The SMILES string of the molecule is NCCNC(=O)C1CCCN(C(=O)c2cccc3ccccc23)C1. The third-order valence-corrected chi connectivity index (χ3v) is 4.54. The maximum atomic E-state index is 13.0. The molecular weight excluding hydrogens is 302 g/mol. The second-order valence-corrected chi connectivity index (χ2v) is 6.20. The van der Waals surface area contributed by atoms with Crippen LogP contribution in [0, 0.1) is 5.92 Å². The standard InChI is InChI=1S/C19H23N3O2/c20-10-11-21-18(23)15-7-4-12-22(13-15)19(24)17-9-3-6-14-5-1-2-8-16(14)17/h1-3,5-6,8-9,15H,4,7,10-13,20H2,(H,21,23). The first-order valence-corrected chi connectivity index (χ1v) is 8.45. The van der Waals surface area contributed by atoms with E-state index in [4.69, 9.17) is 5.73 Å². The van der Waals surface area contributed by atoms with Gasteiger partial charge in [0.05, 0.1) is 5.92 Å². The molecule has 3 rings (SSSR count). The molecule has 1 fully saturated rings. The molecule has 24 heavy (non-hydrogen) atoms. The van der Waals surface area contributed by atoms with Crippen molar-refractivity contribution in [3.8, 4) is 0 Å². The van der Waals surface area contributed by atoms with Crippen LogP contribution in [0.15, 0.2) is 42.5 Å². The van der Waals surface area contributed by atoms with Crippen LogP contribution in [-0.2, 0) is 4.79 Å². The maximum absolute atomic E-state index is 13.0. The fourth-order valence-corrected chi connectivity index (χ4v) is 3.30. The number of hydrogen-bond acceptors (Lipinski definition) is 3. The lowest BCUT2D eigenvalue weighted by Gasteiger charge is -2.32. The van der Waals surface area contributed by atoms with Crippen molar-refractivity contribution in [1.29, 1.82) is 0 Å². The van der Waals surface area contributed by atoms with Crippen molar-refractivity contribution in [2.24, 2.45) is 11.7 Å². The van der Waals surface area contributed by atoms with E-state index in [1.54, 1.807) is 4.90 Å². The molecule has 3 N–H and O–H groups in total. The van der Waals surface area contributed by atoms with E-state index in [2.05, 4.69) is 5.32 Å². The second-order valence-electron chi connectivity index (χ2n) is 6.20. The molecule has 1 atom stereocenters. The van der Waals surface area contributed by atoms with Gasteiger partial charge < -0.3 is 16.0 Å². The molecule has 0 saturated carbocycles. The van der Waals surface area contributed by atoms with Gasteiger partial charge in [0, 0.05) is 31.7 Å². The highest BCUT2D eigenvalue weighted by atomic mass is 16.2. The minimum Gasteiger partial charge on any atom is -0.355 e. The largest absolute Gasteiger partial charge is 0.355 e. The van der Waals surface area contributed by atoms with E-state index in [9.17, 15) is 9.59 Å². The van der Waals surface area contributed by atoms with Crippen molar-refractivity contribution in [3.05, 3.63) is 48.0 Å². The van der Waals surface area contributed by atoms with Gasteiger partial charge in [-0.25, -0.2) is 0 Å². The molecule has 0 aromatic heterocycles. The number of nitrogens with zero attached hydrogens (tertiary/aromatic N) is 1. The molecule has 126 valence electrons. The normalized spacial score (nSPS) is 17.7. The molecule has 1 aliphatic rings. The minimum atomic E-state index is -0.149. The van der Waals surface area contributed by atoms with Gasteiger partial charge in [-0.1, -0.05) is 36.4 Å². The Bertz CT molecular complexity index is 739. The molecular formula is C19H23N3O2. The Kier molecular flexibility index (Phi) is 5.11. The highest BCUT2D eigenvalue weighted by molar-refractivity contribution is 6.07. The number of hydrogen-bond donors (Lipinski definition) is 2. The van der Waals surface area contributed by atoms with Crippen LogP contribution in [0.25, 0.3) is 10.8 Å². The second kappa shape index (κ2) is 7.45. The monoisotopic (exact) mass is 325 g/mol. The smallest absolute Gasteiger partial charge is 0.254 e. The van der Waals surface area contributed by atoms with E-state index in [-0.39, 0.29) is 17.7 Å². The first kappa shape index (κ1) is 16.5. The summed E-state index contributed by atoms with van der Waals surface area (Å²) in [5.74, 6) is -0.150. The highest BCUT2D eigenvalue weighted by Gasteiger charge is 2.29. The van der Waals surface area contributed by atoms with Gasteiger partial charge >= 0.3 is 0 Å². The Morgan fingerprint density at radius 3 is 2.79 bits per heavy atom. The van der Waals surface area contributed by atoms with Crippen LogP contribution < -0.4 is 11.1 Å². The van der Waals surface area contributed by atoms with Gasteiger partial charge in [-0.05, 0) is 29.7 Å². The van der Waals surface area contributed by atoms with Crippen molar-refractivity contribution in [2.45, 2.75) is 12.8 Å². The third kappa shape index (κ3) is 3.41. The number of nitrogens with one attached hydrogen (secondary N) is 1. The zero-order chi connectivity index (χ0) is 16.9.